The van der Waals surface area contributed by atoms with Gasteiger partial charge in [0, 0.05) is 12.2 Å². The van der Waals surface area contributed by atoms with Crippen molar-refractivity contribution in [2.24, 2.45) is 5.90 Å². The predicted molar refractivity (Wildman–Crippen MR) is 36.1 cm³/mol. The molecule has 2 N–H and O–H groups in total. The Kier molecular flexibility index (Phi) is 2.32. The maximum Gasteiger partial charge on any atom is 0.256 e. The van der Waals surface area contributed by atoms with Gasteiger partial charge < -0.3 is 0 Å². The Morgan fingerprint density at radius 2 is 1.92 bits per heavy atom. The molecular weight excluding hydrogens is 164 g/mol. The zero-order valence-corrected chi connectivity index (χ0v) is 5.97. The summed E-state index contributed by atoms with van der Waals surface area (Å²) in [4.78, 5) is 36.7. The molecule has 1 heterocycles. The van der Waals surface area contributed by atoms with Gasteiger partial charge in [-0.25, -0.2) is 10.8 Å². The molecule has 0 saturated carbocycles. The minimum Gasteiger partial charge on any atom is -0.298 e. The highest BCUT2D eigenvalue weighted by Gasteiger charge is 2.31. The van der Waals surface area contributed by atoms with E-state index in [1.165, 1.54) is 0 Å². The summed E-state index contributed by atoms with van der Waals surface area (Å²) in [7, 11) is 0. The first-order valence-corrected chi connectivity index (χ1v) is 3.06. The summed E-state index contributed by atoms with van der Waals surface area (Å²) >= 11 is 0. The highest BCUT2D eigenvalue weighted by atomic mass is 16.6. The molecule has 0 aromatic heterocycles. The van der Waals surface area contributed by atoms with Crippen LogP contribution in [0.1, 0.15) is 0 Å². The van der Waals surface area contributed by atoms with Crippen LogP contribution in [0.25, 0.3) is 0 Å². The lowest BCUT2D eigenvalue weighted by Crippen LogP contribution is -2.44. The van der Waals surface area contributed by atoms with Crippen LogP contribution in [0.4, 0.5) is 0 Å². The Bertz CT molecular complexity index is 242. The van der Waals surface area contributed by atoms with Crippen molar-refractivity contribution in [3.05, 3.63) is 12.2 Å². The van der Waals surface area contributed by atoms with Gasteiger partial charge in [0.1, 0.15) is 0 Å². The van der Waals surface area contributed by atoms with Gasteiger partial charge in [0.2, 0.25) is 6.23 Å². The van der Waals surface area contributed by atoms with Gasteiger partial charge in [-0.05, 0) is 0 Å². The van der Waals surface area contributed by atoms with Crippen molar-refractivity contribution in [2.45, 2.75) is 6.23 Å². The van der Waals surface area contributed by atoms with E-state index in [-0.39, 0.29) is 6.29 Å². The third-order valence-electron chi connectivity index (χ3n) is 1.35. The van der Waals surface area contributed by atoms with Crippen molar-refractivity contribution in [1.82, 2.24) is 4.90 Å². The monoisotopic (exact) mass is 170 g/mol. The molecule has 0 fully saturated rings. The second-order valence-electron chi connectivity index (χ2n) is 2.04. The maximum absolute atomic E-state index is 10.9. The summed E-state index contributed by atoms with van der Waals surface area (Å²) in [6.07, 6.45) is 1.01. The highest BCUT2D eigenvalue weighted by molar-refractivity contribution is 6.14. The first kappa shape index (κ1) is 8.57. The standard InChI is InChI=1S/C6H6N2O4/c7-12-6(3-9)8-4(10)1-2-5(8)11/h1-3,6H,7H2. The molecular formula is C6H6N2O4. The molecule has 6 heteroatoms. The molecule has 0 aromatic carbocycles. The Hall–Kier alpha value is -1.53. The fourth-order valence-electron chi connectivity index (χ4n) is 0.816. The van der Waals surface area contributed by atoms with Crippen LogP contribution >= 0.6 is 0 Å². The number of nitrogens with zero attached hydrogens (tertiary/aromatic N) is 1. The van der Waals surface area contributed by atoms with Gasteiger partial charge in [-0.2, -0.15) is 0 Å². The average Bonchev–Trinajstić information content (AvgIpc) is 2.38. The summed E-state index contributed by atoms with van der Waals surface area (Å²) in [5.41, 5.74) is 0. The second kappa shape index (κ2) is 3.24. The largest absolute Gasteiger partial charge is 0.298 e. The highest BCUT2D eigenvalue weighted by Crippen LogP contribution is 2.06. The third kappa shape index (κ3) is 1.25. The molecule has 2 amide bonds. The van der Waals surface area contributed by atoms with Gasteiger partial charge in [-0.1, -0.05) is 0 Å². The number of aldehydes is 1. The van der Waals surface area contributed by atoms with Crippen LogP contribution in [0.15, 0.2) is 12.2 Å². The van der Waals surface area contributed by atoms with Crippen LogP contribution in [0.3, 0.4) is 0 Å². The Labute approximate surface area is 67.5 Å². The third-order valence-corrected chi connectivity index (χ3v) is 1.35. The summed E-state index contributed by atoms with van der Waals surface area (Å²) in [6.45, 7) is 0. The van der Waals surface area contributed by atoms with Crippen molar-refractivity contribution in [3.63, 3.8) is 0 Å². The quantitative estimate of drug-likeness (QED) is 0.310. The van der Waals surface area contributed by atoms with E-state index in [1.807, 2.05) is 0 Å². The van der Waals surface area contributed by atoms with Gasteiger partial charge >= 0.3 is 0 Å². The zero-order valence-electron chi connectivity index (χ0n) is 5.97. The van der Waals surface area contributed by atoms with E-state index < -0.39 is 18.0 Å². The maximum atomic E-state index is 10.9. The van der Waals surface area contributed by atoms with Crippen LogP contribution in [0.2, 0.25) is 0 Å². The topological polar surface area (TPSA) is 89.7 Å². The molecule has 1 unspecified atom stereocenters. The van der Waals surface area contributed by atoms with Gasteiger partial charge in [-0.3, -0.25) is 19.2 Å². The smallest absolute Gasteiger partial charge is 0.256 e. The minimum atomic E-state index is -1.33. The number of rotatable bonds is 3. The SMILES string of the molecule is NOC(C=O)N1C(=O)C=CC1=O. The lowest BCUT2D eigenvalue weighted by atomic mass is 10.5. The molecule has 0 radical (unpaired) electrons. The number of carbonyl (C=O) groups excluding carboxylic acids is 3. The average molecular weight is 170 g/mol. The first-order valence-electron chi connectivity index (χ1n) is 3.06. The van der Waals surface area contributed by atoms with Crippen molar-refractivity contribution in [1.29, 1.82) is 0 Å². The number of imide groups is 1. The number of hydrogen-bond donors (Lipinski definition) is 1. The molecule has 64 valence electrons. The van der Waals surface area contributed by atoms with E-state index in [9.17, 15) is 14.4 Å². The molecule has 1 aliphatic heterocycles. The summed E-state index contributed by atoms with van der Waals surface area (Å²) < 4.78 is 0. The number of carbonyl (C=O) groups is 3. The van der Waals surface area contributed by atoms with Gasteiger partial charge in [0.15, 0.2) is 6.29 Å². The number of hydrogen-bond acceptors (Lipinski definition) is 5. The fourth-order valence-corrected chi connectivity index (χ4v) is 0.816. The minimum absolute atomic E-state index is 0.267. The molecule has 0 spiro atoms. The molecule has 0 bridgehead atoms. The Balaban J connectivity index is 2.80. The van der Waals surface area contributed by atoms with E-state index in [2.05, 4.69) is 10.7 Å². The van der Waals surface area contributed by atoms with Crippen LogP contribution in [0.5, 0.6) is 0 Å². The van der Waals surface area contributed by atoms with Crippen LogP contribution in [-0.4, -0.2) is 29.2 Å². The van der Waals surface area contributed by atoms with Gasteiger partial charge in [0.25, 0.3) is 11.8 Å². The van der Waals surface area contributed by atoms with Gasteiger partial charge in [0.05, 0.1) is 0 Å². The number of amides is 2. The number of nitrogens with two attached hydrogens (primary N) is 1. The van der Waals surface area contributed by atoms with E-state index in [0.29, 0.717) is 4.90 Å². The van der Waals surface area contributed by atoms with Crippen LogP contribution in [-0.2, 0) is 19.2 Å². The summed E-state index contributed by atoms with van der Waals surface area (Å²) in [5.74, 6) is 3.46. The summed E-state index contributed by atoms with van der Waals surface area (Å²) in [6, 6.07) is 0. The van der Waals surface area contributed by atoms with E-state index in [0.717, 1.165) is 12.2 Å². The summed E-state index contributed by atoms with van der Waals surface area (Å²) in [5, 5.41) is 0. The first-order chi connectivity index (χ1) is 5.70. The van der Waals surface area contributed by atoms with Crippen LogP contribution < -0.4 is 5.90 Å². The molecule has 0 aliphatic carbocycles. The fraction of sp³-hybridized carbons (Fsp3) is 0.167. The Morgan fingerprint density at radius 3 is 2.25 bits per heavy atom. The zero-order chi connectivity index (χ0) is 9.14. The molecule has 12 heavy (non-hydrogen) atoms. The van der Waals surface area contributed by atoms with Crippen molar-refractivity contribution >= 4 is 18.1 Å². The van der Waals surface area contributed by atoms with Crippen molar-refractivity contribution in [2.75, 3.05) is 0 Å². The lowest BCUT2D eigenvalue weighted by molar-refractivity contribution is -0.157. The molecule has 1 rings (SSSR count). The second-order valence-corrected chi connectivity index (χ2v) is 2.04. The van der Waals surface area contributed by atoms with Gasteiger partial charge in [-0.15, -0.1) is 0 Å². The molecule has 0 saturated heterocycles. The molecule has 6 nitrogen and oxygen atoms in total. The molecule has 1 aliphatic rings. The van der Waals surface area contributed by atoms with Crippen molar-refractivity contribution in [3.8, 4) is 0 Å². The van der Waals surface area contributed by atoms with Crippen LogP contribution in [0, 0.1) is 0 Å². The van der Waals surface area contributed by atoms with E-state index in [1.54, 1.807) is 0 Å². The molecule has 0 aromatic rings. The predicted octanol–water partition coefficient (Wildman–Crippen LogP) is -1.67. The lowest BCUT2D eigenvalue weighted by Gasteiger charge is -2.17. The molecule has 1 atom stereocenters. The Morgan fingerprint density at radius 1 is 1.42 bits per heavy atom. The van der Waals surface area contributed by atoms with E-state index >= 15 is 0 Å². The van der Waals surface area contributed by atoms with Crippen molar-refractivity contribution < 1.29 is 19.2 Å². The van der Waals surface area contributed by atoms with E-state index in [4.69, 9.17) is 0 Å². The normalized spacial score (nSPS) is 18.6.